The SMILES string of the molecule is O=C(O)CCN1C[C@H]2C[C@H](C1)c1cccc(=O)n1C2. The number of aromatic nitrogens is 1. The van der Waals surface area contributed by atoms with Gasteiger partial charge in [-0.15, -0.1) is 0 Å². The van der Waals surface area contributed by atoms with Gasteiger partial charge in [-0.1, -0.05) is 6.07 Å². The van der Waals surface area contributed by atoms with Crippen molar-refractivity contribution in [2.75, 3.05) is 19.6 Å². The van der Waals surface area contributed by atoms with Crippen molar-refractivity contribution >= 4 is 5.97 Å². The fourth-order valence-electron chi connectivity index (χ4n) is 3.43. The quantitative estimate of drug-likeness (QED) is 0.873. The molecule has 2 atom stereocenters. The lowest BCUT2D eigenvalue weighted by Gasteiger charge is -2.42. The molecule has 1 aromatic heterocycles. The van der Waals surface area contributed by atoms with E-state index in [-0.39, 0.29) is 12.0 Å². The number of hydrogen-bond acceptors (Lipinski definition) is 3. The number of aliphatic carboxylic acids is 1. The van der Waals surface area contributed by atoms with Crippen molar-refractivity contribution in [2.45, 2.75) is 25.3 Å². The van der Waals surface area contributed by atoms with E-state index in [2.05, 4.69) is 4.90 Å². The summed E-state index contributed by atoms with van der Waals surface area (Å²) >= 11 is 0. The molecule has 5 heteroatoms. The molecule has 0 saturated carbocycles. The summed E-state index contributed by atoms with van der Waals surface area (Å²) in [7, 11) is 0. The molecule has 3 rings (SSSR count). The highest BCUT2D eigenvalue weighted by molar-refractivity contribution is 5.66. The lowest BCUT2D eigenvalue weighted by atomic mass is 9.83. The third-order valence-corrected chi connectivity index (χ3v) is 4.20. The van der Waals surface area contributed by atoms with Gasteiger partial charge in [0.2, 0.25) is 0 Å². The monoisotopic (exact) mass is 262 g/mol. The molecule has 1 saturated heterocycles. The predicted molar refractivity (Wildman–Crippen MR) is 70.2 cm³/mol. The second-order valence-corrected chi connectivity index (χ2v) is 5.60. The summed E-state index contributed by atoms with van der Waals surface area (Å²) in [6.45, 7) is 3.16. The topological polar surface area (TPSA) is 62.5 Å². The van der Waals surface area contributed by atoms with Crippen LogP contribution in [0.2, 0.25) is 0 Å². The van der Waals surface area contributed by atoms with E-state index in [1.54, 1.807) is 6.07 Å². The largest absolute Gasteiger partial charge is 0.481 e. The van der Waals surface area contributed by atoms with Gasteiger partial charge in [0.15, 0.2) is 0 Å². The minimum atomic E-state index is -0.743. The van der Waals surface area contributed by atoms with Crippen LogP contribution in [-0.4, -0.2) is 40.2 Å². The molecule has 0 amide bonds. The zero-order valence-electron chi connectivity index (χ0n) is 10.8. The van der Waals surface area contributed by atoms with Gasteiger partial charge in [-0.2, -0.15) is 0 Å². The summed E-state index contributed by atoms with van der Waals surface area (Å²) in [6.07, 6.45) is 1.31. The van der Waals surface area contributed by atoms with Crippen molar-refractivity contribution in [1.82, 2.24) is 9.47 Å². The maximum absolute atomic E-state index is 11.9. The van der Waals surface area contributed by atoms with E-state index in [1.807, 2.05) is 16.7 Å². The smallest absolute Gasteiger partial charge is 0.304 e. The summed E-state index contributed by atoms with van der Waals surface area (Å²) in [6, 6.07) is 5.47. The molecule has 1 aromatic rings. The van der Waals surface area contributed by atoms with Crippen LogP contribution < -0.4 is 5.56 Å². The fraction of sp³-hybridized carbons (Fsp3) is 0.571. The number of likely N-dealkylation sites (tertiary alicyclic amines) is 1. The highest BCUT2D eigenvalue weighted by Gasteiger charge is 2.34. The van der Waals surface area contributed by atoms with Crippen LogP contribution in [-0.2, 0) is 11.3 Å². The third-order valence-electron chi connectivity index (χ3n) is 4.20. The van der Waals surface area contributed by atoms with Crippen LogP contribution in [0.25, 0.3) is 0 Å². The van der Waals surface area contributed by atoms with Crippen LogP contribution in [0.15, 0.2) is 23.0 Å². The van der Waals surface area contributed by atoms with Crippen molar-refractivity contribution in [3.63, 3.8) is 0 Å². The second kappa shape index (κ2) is 4.81. The maximum Gasteiger partial charge on any atom is 0.304 e. The van der Waals surface area contributed by atoms with Gasteiger partial charge in [-0.05, 0) is 18.4 Å². The molecule has 1 fully saturated rings. The van der Waals surface area contributed by atoms with Crippen LogP contribution in [0.3, 0.4) is 0 Å². The third kappa shape index (κ3) is 2.42. The van der Waals surface area contributed by atoms with Gasteiger partial charge in [0, 0.05) is 43.9 Å². The molecule has 0 unspecified atom stereocenters. The van der Waals surface area contributed by atoms with E-state index in [0.717, 1.165) is 31.7 Å². The molecule has 0 aliphatic carbocycles. The number of carbonyl (C=O) groups is 1. The number of nitrogens with zero attached hydrogens (tertiary/aromatic N) is 2. The minimum Gasteiger partial charge on any atom is -0.481 e. The van der Waals surface area contributed by atoms with Gasteiger partial charge < -0.3 is 14.6 Å². The Bertz CT molecular complexity index is 552. The Morgan fingerprint density at radius 1 is 1.32 bits per heavy atom. The van der Waals surface area contributed by atoms with Crippen LogP contribution in [0, 0.1) is 5.92 Å². The molecule has 19 heavy (non-hydrogen) atoms. The Labute approximate surface area is 111 Å². The Morgan fingerprint density at radius 2 is 2.16 bits per heavy atom. The Balaban J connectivity index is 1.80. The Morgan fingerprint density at radius 3 is 2.95 bits per heavy atom. The van der Waals surface area contributed by atoms with Crippen molar-refractivity contribution in [2.24, 2.45) is 5.92 Å². The number of piperidine rings is 1. The summed E-state index contributed by atoms with van der Waals surface area (Å²) in [5, 5.41) is 8.77. The van der Waals surface area contributed by atoms with Crippen molar-refractivity contribution in [3.05, 3.63) is 34.2 Å². The second-order valence-electron chi connectivity index (χ2n) is 5.60. The molecule has 5 nitrogen and oxygen atoms in total. The molecule has 2 bridgehead atoms. The van der Waals surface area contributed by atoms with E-state index in [4.69, 9.17) is 5.11 Å². The number of pyridine rings is 1. The van der Waals surface area contributed by atoms with Crippen LogP contribution in [0.5, 0.6) is 0 Å². The highest BCUT2D eigenvalue weighted by atomic mass is 16.4. The number of carboxylic acids is 1. The van der Waals surface area contributed by atoms with Crippen LogP contribution >= 0.6 is 0 Å². The van der Waals surface area contributed by atoms with E-state index < -0.39 is 5.97 Å². The van der Waals surface area contributed by atoms with Gasteiger partial charge >= 0.3 is 5.97 Å². The zero-order chi connectivity index (χ0) is 13.4. The highest BCUT2D eigenvalue weighted by Crippen LogP contribution is 2.34. The van der Waals surface area contributed by atoms with E-state index in [0.29, 0.717) is 18.4 Å². The minimum absolute atomic E-state index is 0.0891. The molecule has 0 spiro atoms. The molecule has 102 valence electrons. The summed E-state index contributed by atoms with van der Waals surface area (Å²) < 4.78 is 1.90. The number of rotatable bonds is 3. The first-order valence-corrected chi connectivity index (χ1v) is 6.77. The number of hydrogen-bond donors (Lipinski definition) is 1. The first-order chi connectivity index (χ1) is 9.13. The van der Waals surface area contributed by atoms with Gasteiger partial charge in [0.25, 0.3) is 5.56 Å². The maximum atomic E-state index is 11.9. The number of carboxylic acid groups (broad SMARTS) is 1. The van der Waals surface area contributed by atoms with Gasteiger partial charge in [-0.25, -0.2) is 0 Å². The number of fused-ring (bicyclic) bond motifs is 4. The summed E-state index contributed by atoms with van der Waals surface area (Å²) in [4.78, 5) is 24.8. The van der Waals surface area contributed by atoms with Gasteiger partial charge in [0.05, 0.1) is 6.42 Å². The van der Waals surface area contributed by atoms with Gasteiger partial charge in [-0.3, -0.25) is 9.59 Å². The van der Waals surface area contributed by atoms with E-state index in [9.17, 15) is 9.59 Å². The molecule has 3 heterocycles. The zero-order valence-corrected chi connectivity index (χ0v) is 10.8. The molecule has 2 aliphatic heterocycles. The van der Waals surface area contributed by atoms with Crippen molar-refractivity contribution in [1.29, 1.82) is 0 Å². The predicted octanol–water partition coefficient (Wildman–Crippen LogP) is 0.742. The molecule has 0 aromatic carbocycles. The van der Waals surface area contributed by atoms with E-state index >= 15 is 0 Å². The Hall–Kier alpha value is -1.62. The van der Waals surface area contributed by atoms with Crippen molar-refractivity contribution < 1.29 is 9.90 Å². The molecular formula is C14H18N2O3. The average Bonchev–Trinajstić information content (AvgIpc) is 2.38. The van der Waals surface area contributed by atoms with Crippen molar-refractivity contribution in [3.8, 4) is 0 Å². The normalized spacial score (nSPS) is 25.9. The van der Waals surface area contributed by atoms with Gasteiger partial charge in [0.1, 0.15) is 0 Å². The fourth-order valence-corrected chi connectivity index (χ4v) is 3.43. The van der Waals surface area contributed by atoms with Crippen LogP contribution in [0.1, 0.15) is 24.5 Å². The molecular weight excluding hydrogens is 244 g/mol. The first kappa shape index (κ1) is 12.4. The molecule has 0 radical (unpaired) electrons. The summed E-state index contributed by atoms with van der Waals surface area (Å²) in [5.74, 6) is 0.0997. The lowest BCUT2D eigenvalue weighted by Crippen LogP contribution is -2.47. The average molecular weight is 262 g/mol. The Kier molecular flexibility index (Phi) is 3.14. The van der Waals surface area contributed by atoms with Crippen LogP contribution in [0.4, 0.5) is 0 Å². The summed E-state index contributed by atoms with van der Waals surface area (Å²) in [5.41, 5.74) is 1.20. The first-order valence-electron chi connectivity index (χ1n) is 6.77. The lowest BCUT2D eigenvalue weighted by molar-refractivity contribution is -0.137. The molecule has 1 N–H and O–H groups in total. The van der Waals surface area contributed by atoms with E-state index in [1.165, 1.54) is 0 Å². The standard InChI is InChI=1S/C14H18N2O3/c17-13-3-1-2-12-11-6-10(8-16(12)13)7-15(9-11)5-4-14(18)19/h1-3,10-11H,4-9H2,(H,18,19)/t10-,11-/m1/s1. The molecule has 2 aliphatic rings.